The van der Waals surface area contributed by atoms with Crippen LogP contribution < -0.4 is 10.6 Å². The maximum Gasteiger partial charge on any atom is 0.325 e. The summed E-state index contributed by atoms with van der Waals surface area (Å²) in [5, 5.41) is 7.73. The molecular formula is C20H23FN4O3S. The molecule has 0 saturated carbocycles. The zero-order chi connectivity index (χ0) is 21.2. The predicted octanol–water partition coefficient (Wildman–Crippen LogP) is 3.42. The number of carbonyl (C=O) groups is 3. The molecule has 2 aromatic rings. The highest BCUT2D eigenvalue weighted by Crippen LogP contribution is 2.26. The van der Waals surface area contributed by atoms with Gasteiger partial charge in [-0.1, -0.05) is 32.9 Å². The Morgan fingerprint density at radius 2 is 2.10 bits per heavy atom. The molecule has 2 heterocycles. The van der Waals surface area contributed by atoms with Crippen LogP contribution in [0.2, 0.25) is 0 Å². The fraction of sp³-hybridized carbons (Fsp3) is 0.400. The third-order valence-corrected chi connectivity index (χ3v) is 5.27. The lowest BCUT2D eigenvalue weighted by Crippen LogP contribution is -2.31. The first-order valence-corrected chi connectivity index (χ1v) is 10.1. The highest BCUT2D eigenvalue weighted by molar-refractivity contribution is 7.13. The Morgan fingerprint density at radius 1 is 1.34 bits per heavy atom. The summed E-state index contributed by atoms with van der Waals surface area (Å²) in [4.78, 5) is 42.2. The summed E-state index contributed by atoms with van der Waals surface area (Å²) in [6.07, 6.45) is 0.239. The summed E-state index contributed by atoms with van der Waals surface area (Å²) >= 11 is 1.35. The van der Waals surface area contributed by atoms with Crippen molar-refractivity contribution in [2.24, 2.45) is 0 Å². The molecule has 29 heavy (non-hydrogen) atoms. The van der Waals surface area contributed by atoms with E-state index in [1.54, 1.807) is 6.07 Å². The Kier molecular flexibility index (Phi) is 5.97. The Labute approximate surface area is 172 Å². The van der Waals surface area contributed by atoms with Crippen molar-refractivity contribution in [2.45, 2.75) is 51.6 Å². The van der Waals surface area contributed by atoms with E-state index in [1.807, 2.05) is 26.2 Å². The summed E-state index contributed by atoms with van der Waals surface area (Å²) in [6, 6.07) is 4.42. The van der Waals surface area contributed by atoms with Gasteiger partial charge in [0.2, 0.25) is 5.91 Å². The smallest absolute Gasteiger partial charge is 0.325 e. The van der Waals surface area contributed by atoms with Gasteiger partial charge in [-0.3, -0.25) is 14.5 Å². The standard InChI is InChI=1S/C20H23FN4O3S/c1-20(2,3)15-11-29-18(23-15)24-16(26)8-7-14-17(27)25(19(28)22-14)10-12-5-4-6-13(21)9-12/h4-6,9,11,14H,7-8,10H2,1-3H3,(H,22,28)(H,23,24,26)/t14-/m0/s1. The van der Waals surface area contributed by atoms with Crippen molar-refractivity contribution in [2.75, 3.05) is 5.32 Å². The van der Waals surface area contributed by atoms with E-state index in [9.17, 15) is 18.8 Å². The first-order valence-electron chi connectivity index (χ1n) is 9.25. The Bertz CT molecular complexity index is 938. The first kappa shape index (κ1) is 20.9. The molecule has 1 aliphatic rings. The molecule has 1 fully saturated rings. The molecule has 1 saturated heterocycles. The average Bonchev–Trinajstić information content (AvgIpc) is 3.20. The lowest BCUT2D eigenvalue weighted by Gasteiger charge is -2.14. The van der Waals surface area contributed by atoms with E-state index in [0.717, 1.165) is 10.6 Å². The fourth-order valence-corrected chi connectivity index (χ4v) is 3.83. The van der Waals surface area contributed by atoms with Crippen molar-refractivity contribution in [3.05, 3.63) is 46.7 Å². The van der Waals surface area contributed by atoms with Gasteiger partial charge in [0.15, 0.2) is 5.13 Å². The van der Waals surface area contributed by atoms with Crippen LogP contribution >= 0.6 is 11.3 Å². The molecule has 2 N–H and O–H groups in total. The summed E-state index contributed by atoms with van der Waals surface area (Å²) in [7, 11) is 0. The van der Waals surface area contributed by atoms with E-state index in [4.69, 9.17) is 0 Å². The van der Waals surface area contributed by atoms with Gasteiger partial charge in [-0.05, 0) is 24.1 Å². The molecule has 0 aliphatic carbocycles. The van der Waals surface area contributed by atoms with Crippen molar-refractivity contribution >= 4 is 34.3 Å². The van der Waals surface area contributed by atoms with Crippen LogP contribution in [0, 0.1) is 5.82 Å². The van der Waals surface area contributed by atoms with Crippen LogP contribution in [0.1, 0.15) is 44.9 Å². The highest BCUT2D eigenvalue weighted by atomic mass is 32.1. The summed E-state index contributed by atoms with van der Waals surface area (Å²) in [6.45, 7) is 6.10. The van der Waals surface area contributed by atoms with Crippen LogP contribution in [-0.4, -0.2) is 33.8 Å². The first-order chi connectivity index (χ1) is 13.6. The number of halogens is 1. The number of amides is 4. The minimum Gasteiger partial charge on any atom is -0.326 e. The molecule has 7 nitrogen and oxygen atoms in total. The van der Waals surface area contributed by atoms with Crippen LogP contribution in [0.15, 0.2) is 29.6 Å². The number of aromatic nitrogens is 1. The van der Waals surface area contributed by atoms with Gasteiger partial charge in [-0.25, -0.2) is 14.2 Å². The number of urea groups is 1. The number of hydrogen-bond donors (Lipinski definition) is 2. The number of carbonyl (C=O) groups excluding carboxylic acids is 3. The van der Waals surface area contributed by atoms with E-state index in [0.29, 0.717) is 10.7 Å². The zero-order valence-corrected chi connectivity index (χ0v) is 17.3. The molecule has 1 aliphatic heterocycles. The molecule has 1 aromatic carbocycles. The molecule has 3 rings (SSSR count). The monoisotopic (exact) mass is 418 g/mol. The average molecular weight is 418 g/mol. The molecule has 9 heteroatoms. The summed E-state index contributed by atoms with van der Waals surface area (Å²) < 4.78 is 13.3. The number of hydrogen-bond acceptors (Lipinski definition) is 5. The molecule has 154 valence electrons. The highest BCUT2D eigenvalue weighted by Gasteiger charge is 2.37. The maximum atomic E-state index is 13.3. The Balaban J connectivity index is 1.53. The molecule has 1 aromatic heterocycles. The normalized spacial score (nSPS) is 16.8. The maximum absolute atomic E-state index is 13.3. The Morgan fingerprint density at radius 3 is 2.76 bits per heavy atom. The molecule has 0 bridgehead atoms. The summed E-state index contributed by atoms with van der Waals surface area (Å²) in [5.41, 5.74) is 1.31. The van der Waals surface area contributed by atoms with Crippen LogP contribution in [0.3, 0.4) is 0 Å². The molecule has 0 unspecified atom stereocenters. The van der Waals surface area contributed by atoms with Crippen molar-refractivity contribution in [3.63, 3.8) is 0 Å². The van der Waals surface area contributed by atoms with E-state index in [1.165, 1.54) is 29.5 Å². The van der Waals surface area contributed by atoms with E-state index >= 15 is 0 Å². The second-order valence-corrected chi connectivity index (χ2v) is 8.79. The van der Waals surface area contributed by atoms with Crippen LogP contribution in [0.25, 0.3) is 0 Å². The quantitative estimate of drug-likeness (QED) is 0.703. The number of imide groups is 1. The molecule has 0 radical (unpaired) electrons. The van der Waals surface area contributed by atoms with E-state index in [-0.39, 0.29) is 30.7 Å². The Hall–Kier alpha value is -2.81. The second kappa shape index (κ2) is 8.28. The predicted molar refractivity (Wildman–Crippen MR) is 108 cm³/mol. The molecule has 0 spiro atoms. The number of nitrogens with zero attached hydrogens (tertiary/aromatic N) is 2. The van der Waals surface area contributed by atoms with E-state index < -0.39 is 23.8 Å². The van der Waals surface area contributed by atoms with Crippen LogP contribution in [-0.2, 0) is 21.5 Å². The van der Waals surface area contributed by atoms with Gasteiger partial charge >= 0.3 is 6.03 Å². The number of benzene rings is 1. The third kappa shape index (κ3) is 5.17. The SMILES string of the molecule is CC(C)(C)c1csc(NC(=O)CC[C@@H]2NC(=O)N(Cc3cccc(F)c3)C2=O)n1. The lowest BCUT2D eigenvalue weighted by atomic mass is 9.93. The van der Waals surface area contributed by atoms with Crippen LogP contribution in [0.4, 0.5) is 14.3 Å². The number of rotatable bonds is 6. The number of anilines is 1. The third-order valence-electron chi connectivity index (χ3n) is 4.52. The van der Waals surface area contributed by atoms with Crippen LogP contribution in [0.5, 0.6) is 0 Å². The van der Waals surface area contributed by atoms with Gasteiger partial charge in [0.1, 0.15) is 11.9 Å². The minimum atomic E-state index is -0.775. The van der Waals surface area contributed by atoms with Gasteiger partial charge in [-0.15, -0.1) is 11.3 Å². The van der Waals surface area contributed by atoms with Crippen molar-refractivity contribution in [3.8, 4) is 0 Å². The van der Waals surface area contributed by atoms with Crippen molar-refractivity contribution < 1.29 is 18.8 Å². The number of nitrogens with one attached hydrogen (secondary N) is 2. The second-order valence-electron chi connectivity index (χ2n) is 7.93. The number of thiazole rings is 1. The minimum absolute atomic E-state index is 0.0141. The molecule has 1 atom stereocenters. The molecular weight excluding hydrogens is 395 g/mol. The largest absolute Gasteiger partial charge is 0.326 e. The lowest BCUT2D eigenvalue weighted by molar-refractivity contribution is -0.128. The topological polar surface area (TPSA) is 91.4 Å². The van der Waals surface area contributed by atoms with Gasteiger partial charge in [0, 0.05) is 17.2 Å². The van der Waals surface area contributed by atoms with Gasteiger partial charge in [-0.2, -0.15) is 0 Å². The molecule has 4 amide bonds. The van der Waals surface area contributed by atoms with Crippen molar-refractivity contribution in [1.29, 1.82) is 0 Å². The summed E-state index contributed by atoms with van der Waals surface area (Å²) in [5.74, 6) is -1.12. The van der Waals surface area contributed by atoms with Gasteiger partial charge < -0.3 is 10.6 Å². The zero-order valence-electron chi connectivity index (χ0n) is 16.5. The van der Waals surface area contributed by atoms with Gasteiger partial charge in [0.05, 0.1) is 12.2 Å². The fourth-order valence-electron chi connectivity index (χ4n) is 2.87. The van der Waals surface area contributed by atoms with Crippen molar-refractivity contribution in [1.82, 2.24) is 15.2 Å². The van der Waals surface area contributed by atoms with E-state index in [2.05, 4.69) is 15.6 Å². The van der Waals surface area contributed by atoms with Gasteiger partial charge in [0.25, 0.3) is 5.91 Å².